The van der Waals surface area contributed by atoms with Crippen molar-refractivity contribution in [2.75, 3.05) is 6.61 Å². The predicted molar refractivity (Wildman–Crippen MR) is 87.8 cm³/mol. The molecule has 0 bridgehead atoms. The van der Waals surface area contributed by atoms with Crippen molar-refractivity contribution in [3.63, 3.8) is 0 Å². The first-order chi connectivity index (χ1) is 11.1. The predicted octanol–water partition coefficient (Wildman–Crippen LogP) is 5.06. The Morgan fingerprint density at radius 1 is 0.913 bits per heavy atom. The molecule has 0 atom stereocenters. The van der Waals surface area contributed by atoms with Crippen LogP contribution in [-0.2, 0) is 4.74 Å². The molecule has 130 valence electrons. The second kappa shape index (κ2) is 11.7. The Bertz CT molecular complexity index is 464. The van der Waals surface area contributed by atoms with Crippen LogP contribution >= 0.6 is 0 Å². The van der Waals surface area contributed by atoms with Crippen molar-refractivity contribution in [3.05, 3.63) is 23.7 Å². The number of furan rings is 1. The van der Waals surface area contributed by atoms with Gasteiger partial charge in [0.15, 0.2) is 0 Å². The van der Waals surface area contributed by atoms with E-state index in [0.717, 1.165) is 19.3 Å². The van der Waals surface area contributed by atoms with Crippen LogP contribution in [0.1, 0.15) is 92.2 Å². The fraction of sp³-hybridized carbons (Fsp3) is 0.667. The topological polar surface area (TPSA) is 76.7 Å². The van der Waals surface area contributed by atoms with Gasteiger partial charge in [0.05, 0.1) is 6.61 Å². The lowest BCUT2D eigenvalue weighted by molar-refractivity contribution is 0.0456. The maximum absolute atomic E-state index is 11.6. The van der Waals surface area contributed by atoms with E-state index in [2.05, 4.69) is 6.92 Å². The summed E-state index contributed by atoms with van der Waals surface area (Å²) in [5, 5.41) is 8.71. The Morgan fingerprint density at radius 3 is 1.96 bits per heavy atom. The first-order valence-corrected chi connectivity index (χ1v) is 8.65. The minimum absolute atomic E-state index is 0.0607. The molecule has 0 saturated heterocycles. The molecular weight excluding hydrogens is 296 g/mol. The molecule has 1 aromatic heterocycles. The van der Waals surface area contributed by atoms with Gasteiger partial charge in [0, 0.05) is 0 Å². The zero-order valence-electron chi connectivity index (χ0n) is 14.0. The molecule has 0 aliphatic carbocycles. The van der Waals surface area contributed by atoms with E-state index >= 15 is 0 Å². The van der Waals surface area contributed by atoms with Crippen LogP contribution in [-0.4, -0.2) is 23.7 Å². The van der Waals surface area contributed by atoms with Crippen molar-refractivity contribution < 1.29 is 23.8 Å². The molecule has 5 nitrogen and oxygen atoms in total. The van der Waals surface area contributed by atoms with Crippen molar-refractivity contribution in [2.45, 2.75) is 71.1 Å². The van der Waals surface area contributed by atoms with Gasteiger partial charge in [-0.05, 0) is 18.6 Å². The molecule has 23 heavy (non-hydrogen) atoms. The van der Waals surface area contributed by atoms with Crippen LogP contribution in [0.5, 0.6) is 0 Å². The molecule has 1 rings (SSSR count). The Labute approximate surface area is 138 Å². The molecule has 1 aromatic rings. The van der Waals surface area contributed by atoms with E-state index in [4.69, 9.17) is 14.3 Å². The van der Waals surface area contributed by atoms with Crippen LogP contribution in [0.25, 0.3) is 0 Å². The highest BCUT2D eigenvalue weighted by Gasteiger charge is 2.15. The molecule has 0 saturated carbocycles. The summed E-state index contributed by atoms with van der Waals surface area (Å²) in [7, 11) is 0. The van der Waals surface area contributed by atoms with E-state index in [-0.39, 0.29) is 11.5 Å². The smallest absolute Gasteiger partial charge is 0.374 e. The molecule has 0 fully saturated rings. The summed E-state index contributed by atoms with van der Waals surface area (Å²) in [6, 6.07) is 2.57. The molecular formula is C18H28O5. The van der Waals surface area contributed by atoms with Crippen LogP contribution in [0.4, 0.5) is 0 Å². The molecule has 1 heterocycles. The average molecular weight is 324 g/mol. The Kier molecular flexibility index (Phi) is 9.84. The number of carboxylic acids is 1. The summed E-state index contributed by atoms with van der Waals surface area (Å²) in [4.78, 5) is 22.3. The van der Waals surface area contributed by atoms with Crippen molar-refractivity contribution >= 4 is 11.9 Å². The number of carbonyl (C=O) groups excluding carboxylic acids is 1. The average Bonchev–Trinajstić information content (AvgIpc) is 3.02. The Morgan fingerprint density at radius 2 is 1.43 bits per heavy atom. The molecule has 0 aliphatic rings. The molecule has 0 aromatic carbocycles. The second-order valence-electron chi connectivity index (χ2n) is 5.79. The van der Waals surface area contributed by atoms with Gasteiger partial charge in [-0.2, -0.15) is 0 Å². The van der Waals surface area contributed by atoms with E-state index in [1.54, 1.807) is 0 Å². The van der Waals surface area contributed by atoms with E-state index in [9.17, 15) is 9.59 Å². The van der Waals surface area contributed by atoms with Crippen molar-refractivity contribution in [1.82, 2.24) is 0 Å². The highest BCUT2D eigenvalue weighted by molar-refractivity contribution is 5.89. The molecule has 1 N–H and O–H groups in total. The number of rotatable bonds is 13. The zero-order valence-corrected chi connectivity index (χ0v) is 14.0. The first kappa shape index (κ1) is 19.3. The van der Waals surface area contributed by atoms with Gasteiger partial charge >= 0.3 is 11.9 Å². The van der Waals surface area contributed by atoms with E-state index in [1.807, 2.05) is 0 Å². The minimum Gasteiger partial charge on any atom is -0.475 e. The lowest BCUT2D eigenvalue weighted by atomic mass is 10.1. The molecule has 0 aliphatic heterocycles. The minimum atomic E-state index is -1.20. The van der Waals surface area contributed by atoms with Gasteiger partial charge in [-0.3, -0.25) is 0 Å². The largest absolute Gasteiger partial charge is 0.475 e. The molecule has 0 radical (unpaired) electrons. The standard InChI is InChI=1S/C18H28O5/c1-2-3-4-5-6-7-8-9-10-11-14-22-18(21)16-13-12-15(23-16)17(19)20/h12-13H,2-11,14H2,1H3,(H,19,20). The number of esters is 1. The number of unbranched alkanes of at least 4 members (excludes halogenated alkanes) is 9. The number of carboxylic acid groups (broad SMARTS) is 1. The normalized spacial score (nSPS) is 10.7. The summed E-state index contributed by atoms with van der Waals surface area (Å²) in [6.07, 6.45) is 12.2. The van der Waals surface area contributed by atoms with Crippen LogP contribution in [0.15, 0.2) is 16.5 Å². The van der Waals surface area contributed by atoms with E-state index in [1.165, 1.54) is 57.1 Å². The Balaban J connectivity index is 1.98. The number of aromatic carboxylic acids is 1. The summed E-state index contributed by atoms with van der Waals surface area (Å²) in [5.74, 6) is -2.11. The third-order valence-corrected chi connectivity index (χ3v) is 3.75. The molecule has 0 unspecified atom stereocenters. The van der Waals surface area contributed by atoms with Gasteiger partial charge in [0.25, 0.3) is 0 Å². The highest BCUT2D eigenvalue weighted by atomic mass is 16.5. The van der Waals surface area contributed by atoms with Gasteiger partial charge in [0.2, 0.25) is 11.5 Å². The SMILES string of the molecule is CCCCCCCCCCCCOC(=O)c1ccc(C(=O)O)o1. The lowest BCUT2D eigenvalue weighted by Gasteiger charge is -2.03. The van der Waals surface area contributed by atoms with Crippen LogP contribution in [0.3, 0.4) is 0 Å². The van der Waals surface area contributed by atoms with Gasteiger partial charge in [0.1, 0.15) is 0 Å². The summed E-state index contributed by atoms with van der Waals surface area (Å²) in [5.41, 5.74) is 0. The van der Waals surface area contributed by atoms with Gasteiger partial charge < -0.3 is 14.3 Å². The van der Waals surface area contributed by atoms with E-state index in [0.29, 0.717) is 6.61 Å². The van der Waals surface area contributed by atoms with Gasteiger partial charge in [-0.25, -0.2) is 9.59 Å². The lowest BCUT2D eigenvalue weighted by Crippen LogP contribution is -2.05. The maximum Gasteiger partial charge on any atom is 0.374 e. The number of hydrogen-bond acceptors (Lipinski definition) is 4. The first-order valence-electron chi connectivity index (χ1n) is 8.65. The quantitative estimate of drug-likeness (QED) is 0.405. The number of hydrogen-bond donors (Lipinski definition) is 1. The second-order valence-corrected chi connectivity index (χ2v) is 5.79. The molecule has 0 amide bonds. The van der Waals surface area contributed by atoms with E-state index < -0.39 is 11.9 Å². The van der Waals surface area contributed by atoms with Crippen LogP contribution in [0.2, 0.25) is 0 Å². The van der Waals surface area contributed by atoms with Gasteiger partial charge in [-0.1, -0.05) is 64.7 Å². The molecule has 0 spiro atoms. The van der Waals surface area contributed by atoms with Crippen LogP contribution < -0.4 is 0 Å². The van der Waals surface area contributed by atoms with Crippen molar-refractivity contribution in [3.8, 4) is 0 Å². The third kappa shape index (κ3) is 8.43. The zero-order chi connectivity index (χ0) is 16.9. The van der Waals surface area contributed by atoms with Gasteiger partial charge in [-0.15, -0.1) is 0 Å². The monoisotopic (exact) mass is 324 g/mol. The number of ether oxygens (including phenoxy) is 1. The van der Waals surface area contributed by atoms with Crippen molar-refractivity contribution in [2.24, 2.45) is 0 Å². The summed E-state index contributed by atoms with van der Waals surface area (Å²) in [6.45, 7) is 2.57. The third-order valence-electron chi connectivity index (χ3n) is 3.75. The summed E-state index contributed by atoms with van der Waals surface area (Å²) < 4.78 is 9.95. The van der Waals surface area contributed by atoms with Crippen LogP contribution in [0, 0.1) is 0 Å². The Hall–Kier alpha value is -1.78. The van der Waals surface area contributed by atoms with Crippen molar-refractivity contribution in [1.29, 1.82) is 0 Å². The highest BCUT2D eigenvalue weighted by Crippen LogP contribution is 2.12. The maximum atomic E-state index is 11.6. The fourth-order valence-corrected chi connectivity index (χ4v) is 2.39. The number of carbonyl (C=O) groups is 2. The molecule has 5 heteroatoms. The fourth-order valence-electron chi connectivity index (χ4n) is 2.39. The summed E-state index contributed by atoms with van der Waals surface area (Å²) >= 11 is 0.